The van der Waals surface area contributed by atoms with E-state index in [0.29, 0.717) is 23.7 Å². The molecule has 29 heavy (non-hydrogen) atoms. The third kappa shape index (κ3) is 5.32. The van der Waals surface area contributed by atoms with Crippen molar-refractivity contribution in [2.45, 2.75) is 26.3 Å². The molecule has 156 valence electrons. The van der Waals surface area contributed by atoms with Crippen molar-refractivity contribution in [3.8, 4) is 0 Å². The Morgan fingerprint density at radius 2 is 2.07 bits per heavy atom. The number of hydrogen-bond donors (Lipinski definition) is 1. The fourth-order valence-electron chi connectivity index (χ4n) is 3.40. The zero-order valence-electron chi connectivity index (χ0n) is 17.2. The molecule has 1 aromatic carbocycles. The zero-order valence-corrected chi connectivity index (χ0v) is 17.2. The summed E-state index contributed by atoms with van der Waals surface area (Å²) in [6, 6.07) is 4.51. The highest BCUT2D eigenvalue weighted by Crippen LogP contribution is 2.30. The van der Waals surface area contributed by atoms with Crippen LogP contribution >= 0.6 is 0 Å². The highest BCUT2D eigenvalue weighted by atomic mass is 16.6. The lowest BCUT2D eigenvalue weighted by Crippen LogP contribution is -2.34. The molecule has 9 nitrogen and oxygen atoms in total. The number of nitro benzene ring substituents is 1. The third-order valence-electron chi connectivity index (χ3n) is 5.23. The molecule has 0 spiro atoms. The van der Waals surface area contributed by atoms with Gasteiger partial charge in [0.25, 0.3) is 11.6 Å². The molecule has 1 aliphatic rings. The first-order chi connectivity index (χ1) is 13.8. The topological polar surface area (TPSA) is 96.5 Å². The van der Waals surface area contributed by atoms with Gasteiger partial charge in [-0.25, -0.2) is 0 Å². The van der Waals surface area contributed by atoms with E-state index in [2.05, 4.69) is 27.1 Å². The second-order valence-electron chi connectivity index (χ2n) is 7.88. The summed E-state index contributed by atoms with van der Waals surface area (Å²) in [6.45, 7) is 5.42. The molecule has 2 aromatic rings. The quantitative estimate of drug-likeness (QED) is 0.567. The van der Waals surface area contributed by atoms with Crippen molar-refractivity contribution in [2.75, 3.05) is 43.9 Å². The Balaban J connectivity index is 1.80. The minimum atomic E-state index is -0.474. The number of nitro groups is 1. The molecule has 3 rings (SSSR count). The van der Waals surface area contributed by atoms with Gasteiger partial charge in [0.15, 0.2) is 0 Å². The molecule has 0 bridgehead atoms. The van der Waals surface area contributed by atoms with Crippen molar-refractivity contribution >= 4 is 23.0 Å². The molecule has 0 radical (unpaired) electrons. The van der Waals surface area contributed by atoms with E-state index in [1.165, 1.54) is 12.1 Å². The van der Waals surface area contributed by atoms with E-state index in [0.717, 1.165) is 38.2 Å². The molecule has 9 heteroatoms. The van der Waals surface area contributed by atoms with Crippen LogP contribution in [0.3, 0.4) is 0 Å². The van der Waals surface area contributed by atoms with Crippen LogP contribution in [0.1, 0.15) is 30.1 Å². The van der Waals surface area contributed by atoms with Crippen molar-refractivity contribution in [1.29, 1.82) is 0 Å². The maximum atomic E-state index is 13.0. The molecule has 1 amide bonds. The van der Waals surface area contributed by atoms with Gasteiger partial charge in [0.1, 0.15) is 0 Å². The number of likely N-dealkylation sites (N-methyl/N-ethyl adjacent to an activating group) is 1. The zero-order chi connectivity index (χ0) is 21.0. The predicted octanol–water partition coefficient (Wildman–Crippen LogP) is 2.84. The van der Waals surface area contributed by atoms with E-state index in [1.807, 2.05) is 14.1 Å². The molecule has 1 N–H and O–H groups in total. The number of carbonyl (C=O) groups is 1. The standard InChI is InChI=1S/C20H28N6O3/c1-15-6-8-24(9-7-15)19-5-4-17(26(28)29)12-18(19)20(27)22-16-13-21-25(14-16)11-10-23(2)3/h4-5,12-15H,6-11H2,1-3H3,(H,22,27). The van der Waals surface area contributed by atoms with E-state index in [9.17, 15) is 14.9 Å². The lowest BCUT2D eigenvalue weighted by atomic mass is 9.98. The van der Waals surface area contributed by atoms with E-state index >= 15 is 0 Å². The van der Waals surface area contributed by atoms with Gasteiger partial charge in [-0.1, -0.05) is 6.92 Å². The van der Waals surface area contributed by atoms with Gasteiger partial charge in [0, 0.05) is 38.0 Å². The van der Waals surface area contributed by atoms with Crippen LogP contribution in [0.15, 0.2) is 30.6 Å². The monoisotopic (exact) mass is 400 g/mol. The van der Waals surface area contributed by atoms with Gasteiger partial charge in [-0.15, -0.1) is 0 Å². The summed E-state index contributed by atoms with van der Waals surface area (Å²) in [7, 11) is 3.97. The Labute approximate surface area is 170 Å². The lowest BCUT2D eigenvalue weighted by molar-refractivity contribution is -0.384. The van der Waals surface area contributed by atoms with Crippen LogP contribution < -0.4 is 10.2 Å². The molecule has 2 heterocycles. The molecule has 1 aliphatic heterocycles. The Kier molecular flexibility index (Phi) is 6.48. The van der Waals surface area contributed by atoms with Crippen LogP contribution in [0.4, 0.5) is 17.1 Å². The summed E-state index contributed by atoms with van der Waals surface area (Å²) >= 11 is 0. The van der Waals surface area contributed by atoms with Gasteiger partial charge >= 0.3 is 0 Å². The summed E-state index contributed by atoms with van der Waals surface area (Å²) in [5.74, 6) is 0.282. The smallest absolute Gasteiger partial charge is 0.270 e. The van der Waals surface area contributed by atoms with Crippen molar-refractivity contribution in [3.05, 3.63) is 46.3 Å². The molecule has 1 saturated heterocycles. The summed E-state index contributed by atoms with van der Waals surface area (Å²) in [4.78, 5) is 27.9. The van der Waals surface area contributed by atoms with Gasteiger partial charge in [-0.3, -0.25) is 19.6 Å². The number of anilines is 2. The van der Waals surface area contributed by atoms with Crippen molar-refractivity contribution in [2.24, 2.45) is 5.92 Å². The number of amides is 1. The van der Waals surface area contributed by atoms with Crippen LogP contribution in [0.25, 0.3) is 0 Å². The minimum absolute atomic E-state index is 0.0917. The maximum absolute atomic E-state index is 13.0. The van der Waals surface area contributed by atoms with Gasteiger partial charge < -0.3 is 15.1 Å². The number of carbonyl (C=O) groups excluding carboxylic acids is 1. The number of aromatic nitrogens is 2. The minimum Gasteiger partial charge on any atom is -0.371 e. The summed E-state index contributed by atoms with van der Waals surface area (Å²) < 4.78 is 1.76. The highest BCUT2D eigenvalue weighted by Gasteiger charge is 2.23. The van der Waals surface area contributed by atoms with Crippen LogP contribution in [0, 0.1) is 16.0 Å². The Bertz CT molecular complexity index is 871. The molecule has 0 aliphatic carbocycles. The first kappa shape index (κ1) is 20.8. The largest absolute Gasteiger partial charge is 0.371 e. The fraction of sp³-hybridized carbons (Fsp3) is 0.500. The van der Waals surface area contributed by atoms with E-state index in [1.54, 1.807) is 23.1 Å². The van der Waals surface area contributed by atoms with Gasteiger partial charge in [-0.05, 0) is 38.9 Å². The van der Waals surface area contributed by atoms with Gasteiger partial charge in [-0.2, -0.15) is 5.10 Å². The van der Waals surface area contributed by atoms with Crippen LogP contribution in [-0.2, 0) is 6.54 Å². The number of nitrogens with one attached hydrogen (secondary N) is 1. The Hall–Kier alpha value is -2.94. The average Bonchev–Trinajstić information content (AvgIpc) is 3.14. The number of benzene rings is 1. The highest BCUT2D eigenvalue weighted by molar-refractivity contribution is 6.08. The first-order valence-electron chi connectivity index (χ1n) is 9.85. The lowest BCUT2D eigenvalue weighted by Gasteiger charge is -2.33. The van der Waals surface area contributed by atoms with Crippen LogP contribution in [0.2, 0.25) is 0 Å². The number of piperidine rings is 1. The van der Waals surface area contributed by atoms with E-state index in [-0.39, 0.29) is 11.6 Å². The third-order valence-corrected chi connectivity index (χ3v) is 5.23. The summed E-state index contributed by atoms with van der Waals surface area (Å²) in [6.07, 6.45) is 5.43. The Morgan fingerprint density at radius 3 is 2.72 bits per heavy atom. The fourth-order valence-corrected chi connectivity index (χ4v) is 3.40. The average molecular weight is 400 g/mol. The normalized spacial score (nSPS) is 15.0. The molecular weight excluding hydrogens is 372 g/mol. The number of rotatable bonds is 7. The number of non-ortho nitro benzene ring substituents is 1. The number of nitrogens with zero attached hydrogens (tertiary/aromatic N) is 5. The summed E-state index contributed by atoms with van der Waals surface area (Å²) in [5.41, 5.74) is 1.53. The Morgan fingerprint density at radius 1 is 1.34 bits per heavy atom. The van der Waals surface area contributed by atoms with Gasteiger partial charge in [0.05, 0.1) is 34.6 Å². The molecule has 0 unspecified atom stereocenters. The molecular formula is C20H28N6O3. The molecule has 0 saturated carbocycles. The second-order valence-corrected chi connectivity index (χ2v) is 7.88. The SMILES string of the molecule is CC1CCN(c2ccc([N+](=O)[O-])cc2C(=O)Nc2cnn(CCN(C)C)c2)CC1. The van der Waals surface area contributed by atoms with Crippen molar-refractivity contribution in [3.63, 3.8) is 0 Å². The van der Waals surface area contributed by atoms with Gasteiger partial charge in [0.2, 0.25) is 0 Å². The number of hydrogen-bond acceptors (Lipinski definition) is 6. The van der Waals surface area contributed by atoms with Crippen molar-refractivity contribution < 1.29 is 9.72 Å². The van der Waals surface area contributed by atoms with E-state index < -0.39 is 4.92 Å². The molecule has 1 fully saturated rings. The van der Waals surface area contributed by atoms with Crippen LogP contribution in [-0.4, -0.2) is 59.2 Å². The predicted molar refractivity (Wildman–Crippen MR) is 112 cm³/mol. The van der Waals surface area contributed by atoms with Crippen LogP contribution in [0.5, 0.6) is 0 Å². The first-order valence-corrected chi connectivity index (χ1v) is 9.85. The van der Waals surface area contributed by atoms with E-state index in [4.69, 9.17) is 0 Å². The maximum Gasteiger partial charge on any atom is 0.270 e. The second kappa shape index (κ2) is 9.04. The van der Waals surface area contributed by atoms with Crippen molar-refractivity contribution in [1.82, 2.24) is 14.7 Å². The molecule has 1 aromatic heterocycles. The summed E-state index contributed by atoms with van der Waals surface area (Å²) in [5, 5.41) is 18.3. The molecule has 0 atom stereocenters.